The second-order valence-corrected chi connectivity index (χ2v) is 8.54. The van der Waals surface area contributed by atoms with E-state index >= 15 is 0 Å². The Labute approximate surface area is 222 Å². The number of hydrogen-bond acceptors (Lipinski definition) is 1. The van der Waals surface area contributed by atoms with E-state index in [0.29, 0.717) is 16.7 Å². The van der Waals surface area contributed by atoms with Gasteiger partial charge in [-0.25, -0.2) is 0 Å². The number of hydrogen-bond donors (Lipinski definition) is 0. The van der Waals surface area contributed by atoms with Crippen molar-refractivity contribution in [3.63, 3.8) is 0 Å². The Kier molecular flexibility index (Phi) is 9.01. The normalized spacial score (nSPS) is 14.9. The molecule has 0 amide bonds. The van der Waals surface area contributed by atoms with Crippen molar-refractivity contribution in [3.05, 3.63) is 59.7 Å². The molecular formula is C22H12ClF17O. The fourth-order valence-corrected chi connectivity index (χ4v) is 3.17. The molecule has 0 heterocycles. The van der Waals surface area contributed by atoms with Gasteiger partial charge in [-0.15, -0.1) is 11.6 Å². The number of ether oxygens (including phenoxy) is 1. The van der Waals surface area contributed by atoms with E-state index in [1.165, 1.54) is 0 Å². The molecule has 0 aliphatic heterocycles. The zero-order valence-corrected chi connectivity index (χ0v) is 20.0. The van der Waals surface area contributed by atoms with Gasteiger partial charge in [-0.3, -0.25) is 0 Å². The van der Waals surface area contributed by atoms with E-state index in [-0.39, 0.29) is 5.88 Å². The van der Waals surface area contributed by atoms with Crippen LogP contribution < -0.4 is 0 Å². The van der Waals surface area contributed by atoms with Crippen LogP contribution in [0.3, 0.4) is 0 Å². The summed E-state index contributed by atoms with van der Waals surface area (Å²) < 4.78 is 229. The number of benzene rings is 2. The Morgan fingerprint density at radius 3 is 1.10 bits per heavy atom. The average Bonchev–Trinajstić information content (AvgIpc) is 2.86. The third-order valence-electron chi connectivity index (χ3n) is 5.51. The van der Waals surface area contributed by atoms with Crippen LogP contribution in [0.15, 0.2) is 48.5 Å². The highest BCUT2D eigenvalue weighted by Crippen LogP contribution is 2.64. The van der Waals surface area contributed by atoms with Crippen molar-refractivity contribution in [3.8, 4) is 11.1 Å². The van der Waals surface area contributed by atoms with Gasteiger partial charge in [-0.2, -0.15) is 74.6 Å². The summed E-state index contributed by atoms with van der Waals surface area (Å²) in [5.74, 6) is -50.2. The van der Waals surface area contributed by atoms with Gasteiger partial charge in [0.25, 0.3) is 0 Å². The molecule has 2 aromatic carbocycles. The average molecular weight is 651 g/mol. The van der Waals surface area contributed by atoms with Crippen molar-refractivity contribution in [1.29, 1.82) is 0 Å². The van der Waals surface area contributed by atoms with Gasteiger partial charge in [0.1, 0.15) is 0 Å². The zero-order valence-electron chi connectivity index (χ0n) is 19.2. The molecule has 0 radical (unpaired) electrons. The minimum absolute atomic E-state index is 0.153. The SMILES string of the molecule is FC(F)(F)C(F)(F)C(F)(F)C(F)(F)C(F)(F)C(F)(F)C(F)(F)C(F)(F)OCc1ccc(-c2ccc(CCl)cc2)cc1. The van der Waals surface area contributed by atoms with Gasteiger partial charge in [-0.05, 0) is 22.3 Å². The standard InChI is InChI=1S/C22H12ClF17O/c23-9-11-1-5-13(6-2-11)14-7-3-12(4-8-14)10-41-22(39,40)20(34,35)18(30,31)16(26,27)15(24,25)17(28,29)19(32,33)21(36,37)38/h1-8H,9-10H2. The van der Waals surface area contributed by atoms with Gasteiger partial charge < -0.3 is 4.74 Å². The van der Waals surface area contributed by atoms with Crippen molar-refractivity contribution < 1.29 is 79.4 Å². The van der Waals surface area contributed by atoms with E-state index in [0.717, 1.165) is 24.3 Å². The Morgan fingerprint density at radius 2 is 0.756 bits per heavy atom. The van der Waals surface area contributed by atoms with Crippen LogP contribution in [0.5, 0.6) is 0 Å². The van der Waals surface area contributed by atoms with Gasteiger partial charge in [0.05, 0.1) is 6.61 Å². The van der Waals surface area contributed by atoms with E-state index < -0.39 is 60.0 Å². The molecule has 41 heavy (non-hydrogen) atoms. The molecule has 0 aromatic heterocycles. The van der Waals surface area contributed by atoms with Crippen LogP contribution in [-0.4, -0.2) is 47.8 Å². The molecular weight excluding hydrogens is 639 g/mol. The third kappa shape index (κ3) is 5.52. The first-order valence-corrected chi connectivity index (χ1v) is 10.9. The molecule has 0 unspecified atom stereocenters. The number of alkyl halides is 18. The summed E-state index contributed by atoms with van der Waals surface area (Å²) >= 11 is 5.62. The van der Waals surface area contributed by atoms with Crippen molar-refractivity contribution in [1.82, 2.24) is 0 Å². The molecule has 0 fully saturated rings. The maximum Gasteiger partial charge on any atom is 0.460 e. The maximum atomic E-state index is 13.9. The fourth-order valence-electron chi connectivity index (χ4n) is 2.99. The van der Waals surface area contributed by atoms with Crippen LogP contribution in [0.1, 0.15) is 11.1 Å². The van der Waals surface area contributed by atoms with Crippen LogP contribution in [0.4, 0.5) is 74.6 Å². The summed E-state index contributed by atoms with van der Waals surface area (Å²) in [5.41, 5.74) is 1.01. The molecule has 0 aliphatic carbocycles. The van der Waals surface area contributed by atoms with E-state index in [2.05, 4.69) is 4.74 Å². The molecule has 0 N–H and O–H groups in total. The summed E-state index contributed by atoms with van der Waals surface area (Å²) in [7, 11) is 0. The van der Waals surface area contributed by atoms with Crippen molar-refractivity contribution in [2.45, 2.75) is 60.3 Å². The van der Waals surface area contributed by atoms with Crippen molar-refractivity contribution in [2.24, 2.45) is 0 Å². The Morgan fingerprint density at radius 1 is 0.439 bits per heavy atom. The van der Waals surface area contributed by atoms with Crippen molar-refractivity contribution >= 4 is 11.6 Å². The number of halogens is 18. The molecule has 0 bridgehead atoms. The Balaban J connectivity index is 2.34. The maximum absolute atomic E-state index is 13.9. The highest BCUT2D eigenvalue weighted by atomic mass is 35.5. The molecule has 2 aromatic rings. The van der Waals surface area contributed by atoms with Gasteiger partial charge in [0, 0.05) is 5.88 Å². The monoisotopic (exact) mass is 650 g/mol. The lowest BCUT2D eigenvalue weighted by Gasteiger charge is -2.42. The topological polar surface area (TPSA) is 9.23 Å². The highest BCUT2D eigenvalue weighted by Gasteiger charge is 2.95. The second-order valence-electron chi connectivity index (χ2n) is 8.28. The first-order chi connectivity index (χ1) is 18.2. The van der Waals surface area contributed by atoms with Gasteiger partial charge in [0.2, 0.25) is 0 Å². The Hall–Kier alpha value is -2.50. The lowest BCUT2D eigenvalue weighted by Crippen LogP contribution is -2.74. The number of rotatable bonds is 11. The minimum atomic E-state index is -8.68. The molecule has 0 atom stereocenters. The van der Waals surface area contributed by atoms with E-state index in [1.54, 1.807) is 24.3 Å². The van der Waals surface area contributed by atoms with Crippen LogP contribution >= 0.6 is 11.6 Å². The lowest BCUT2D eigenvalue weighted by atomic mass is 9.90. The van der Waals surface area contributed by atoms with Crippen molar-refractivity contribution in [2.75, 3.05) is 0 Å². The highest BCUT2D eigenvalue weighted by molar-refractivity contribution is 6.17. The largest absolute Gasteiger partial charge is 0.460 e. The second kappa shape index (κ2) is 10.6. The summed E-state index contributed by atoms with van der Waals surface area (Å²) in [4.78, 5) is 0. The molecule has 2 rings (SSSR count). The lowest BCUT2D eigenvalue weighted by molar-refractivity contribution is -0.478. The molecule has 19 heteroatoms. The van der Waals surface area contributed by atoms with E-state index in [1.807, 2.05) is 0 Å². The van der Waals surface area contributed by atoms with Crippen LogP contribution in [0.25, 0.3) is 11.1 Å². The molecule has 0 aliphatic rings. The molecule has 1 nitrogen and oxygen atoms in total. The predicted molar refractivity (Wildman–Crippen MR) is 107 cm³/mol. The fraction of sp³-hybridized carbons (Fsp3) is 0.455. The molecule has 0 saturated heterocycles. The zero-order chi connectivity index (χ0) is 32.1. The van der Waals surface area contributed by atoms with Crippen LogP contribution in [-0.2, 0) is 17.2 Å². The predicted octanol–water partition coefficient (Wildman–Crippen LogP) is 9.58. The first-order valence-electron chi connectivity index (χ1n) is 10.3. The van der Waals surface area contributed by atoms with E-state index in [9.17, 15) is 74.6 Å². The first kappa shape index (κ1) is 34.7. The molecule has 0 spiro atoms. The summed E-state index contributed by atoms with van der Waals surface area (Å²) in [6.07, 6.45) is -14.7. The smallest absolute Gasteiger partial charge is 0.311 e. The van der Waals surface area contributed by atoms with Gasteiger partial charge >= 0.3 is 47.8 Å². The summed E-state index contributed by atoms with van der Waals surface area (Å²) in [6, 6.07) is 10.3. The van der Waals surface area contributed by atoms with E-state index in [4.69, 9.17) is 11.6 Å². The van der Waals surface area contributed by atoms with Gasteiger partial charge in [-0.1, -0.05) is 48.5 Å². The summed E-state index contributed by atoms with van der Waals surface area (Å²) in [5, 5.41) is 0. The third-order valence-corrected chi connectivity index (χ3v) is 5.82. The molecule has 232 valence electrons. The quantitative estimate of drug-likeness (QED) is 0.174. The molecule has 0 saturated carbocycles. The summed E-state index contributed by atoms with van der Waals surface area (Å²) in [6.45, 7) is -1.82. The van der Waals surface area contributed by atoms with Crippen LogP contribution in [0, 0.1) is 0 Å². The Bertz CT molecular complexity index is 1190. The minimum Gasteiger partial charge on any atom is -0.311 e. The van der Waals surface area contributed by atoms with Gasteiger partial charge in [0.15, 0.2) is 0 Å². The van der Waals surface area contributed by atoms with Crippen LogP contribution in [0.2, 0.25) is 0 Å².